The molecule has 0 spiro atoms. The molecule has 0 unspecified atom stereocenters. The number of hydrogen-bond donors (Lipinski definition) is 1. The highest BCUT2D eigenvalue weighted by Gasteiger charge is 2.24. The number of nitrogens with one attached hydrogen (secondary N) is 1. The molecule has 0 saturated carbocycles. The lowest BCUT2D eigenvalue weighted by Gasteiger charge is -2.36. The Kier molecular flexibility index (Phi) is 3.80. The number of para-hydroxylation sites is 1. The third kappa shape index (κ3) is 2.80. The summed E-state index contributed by atoms with van der Waals surface area (Å²) >= 11 is 0. The second-order valence-corrected chi connectivity index (χ2v) is 6.26. The standard InChI is InChI=1S/C19H19N3O3/c1-13-5-2-3-6-14(13)18(23)22-11-9-21(10-12-22)16-8-4-7-15-17(16)25-19(24)20-15/h2-8H,9-12H2,1H3,(H,20,24). The van der Waals surface area contributed by atoms with Gasteiger partial charge >= 0.3 is 5.76 Å². The number of aromatic nitrogens is 1. The normalized spacial score (nSPS) is 14.9. The Bertz CT molecular complexity index is 981. The number of oxazole rings is 1. The van der Waals surface area contributed by atoms with Crippen molar-refractivity contribution in [1.82, 2.24) is 9.88 Å². The van der Waals surface area contributed by atoms with Crippen LogP contribution in [-0.4, -0.2) is 42.0 Å². The van der Waals surface area contributed by atoms with Crippen molar-refractivity contribution in [2.45, 2.75) is 6.92 Å². The Hall–Kier alpha value is -3.02. The second kappa shape index (κ2) is 6.12. The predicted molar refractivity (Wildman–Crippen MR) is 96.1 cm³/mol. The van der Waals surface area contributed by atoms with Crippen LogP contribution in [0.25, 0.3) is 11.1 Å². The largest absolute Gasteiger partial charge is 0.417 e. The van der Waals surface area contributed by atoms with Gasteiger partial charge in [-0.1, -0.05) is 24.3 Å². The Balaban J connectivity index is 1.52. The number of hydrogen-bond acceptors (Lipinski definition) is 4. The van der Waals surface area contributed by atoms with E-state index in [9.17, 15) is 9.59 Å². The maximum Gasteiger partial charge on any atom is 0.417 e. The maximum absolute atomic E-state index is 12.7. The third-order valence-electron chi connectivity index (χ3n) is 4.71. The lowest BCUT2D eigenvalue weighted by Crippen LogP contribution is -2.49. The van der Waals surface area contributed by atoms with Gasteiger partial charge in [-0.2, -0.15) is 0 Å². The fourth-order valence-corrected chi connectivity index (χ4v) is 3.34. The van der Waals surface area contributed by atoms with Gasteiger partial charge in [-0.15, -0.1) is 0 Å². The number of aromatic amines is 1. The molecule has 1 fully saturated rings. The van der Waals surface area contributed by atoms with Crippen molar-refractivity contribution in [2.75, 3.05) is 31.1 Å². The number of carbonyl (C=O) groups is 1. The molecule has 128 valence electrons. The van der Waals surface area contributed by atoms with E-state index in [1.165, 1.54) is 0 Å². The van der Waals surface area contributed by atoms with Crippen molar-refractivity contribution in [3.63, 3.8) is 0 Å². The molecule has 0 bridgehead atoms. The first-order chi connectivity index (χ1) is 12.1. The molecule has 1 saturated heterocycles. The SMILES string of the molecule is Cc1ccccc1C(=O)N1CCN(c2cccc3[nH]c(=O)oc23)CC1. The molecule has 1 amide bonds. The fourth-order valence-electron chi connectivity index (χ4n) is 3.34. The number of anilines is 1. The molecule has 4 rings (SSSR count). The molecule has 0 atom stereocenters. The van der Waals surface area contributed by atoms with Gasteiger partial charge in [0.2, 0.25) is 0 Å². The number of fused-ring (bicyclic) bond motifs is 1. The van der Waals surface area contributed by atoms with Gasteiger partial charge in [-0.3, -0.25) is 9.78 Å². The molecule has 0 radical (unpaired) electrons. The molecule has 0 aliphatic carbocycles. The first-order valence-electron chi connectivity index (χ1n) is 8.35. The topological polar surface area (TPSA) is 69.6 Å². The number of aryl methyl sites for hydroxylation is 1. The highest BCUT2D eigenvalue weighted by Crippen LogP contribution is 2.26. The Morgan fingerprint density at radius 2 is 1.80 bits per heavy atom. The maximum atomic E-state index is 12.7. The molecule has 1 N–H and O–H groups in total. The van der Waals surface area contributed by atoms with Gasteiger partial charge < -0.3 is 14.2 Å². The predicted octanol–water partition coefficient (Wildman–Crippen LogP) is 2.39. The van der Waals surface area contributed by atoms with Crippen LogP contribution < -0.4 is 10.7 Å². The summed E-state index contributed by atoms with van der Waals surface area (Å²) < 4.78 is 5.28. The molecule has 1 aromatic heterocycles. The lowest BCUT2D eigenvalue weighted by molar-refractivity contribution is 0.0746. The van der Waals surface area contributed by atoms with Crippen LogP contribution in [0, 0.1) is 6.92 Å². The van der Waals surface area contributed by atoms with Crippen molar-refractivity contribution < 1.29 is 9.21 Å². The van der Waals surface area contributed by atoms with Gasteiger partial charge in [0.15, 0.2) is 5.58 Å². The number of piperazine rings is 1. The number of carbonyl (C=O) groups excluding carboxylic acids is 1. The summed E-state index contributed by atoms with van der Waals surface area (Å²) in [5, 5.41) is 0. The third-order valence-corrected chi connectivity index (χ3v) is 4.71. The molecular formula is C19H19N3O3. The van der Waals surface area contributed by atoms with Crippen molar-refractivity contribution in [3.8, 4) is 0 Å². The average molecular weight is 337 g/mol. The summed E-state index contributed by atoms with van der Waals surface area (Å²) in [6, 6.07) is 13.3. The smallest absolute Gasteiger partial charge is 0.406 e. The summed E-state index contributed by atoms with van der Waals surface area (Å²) in [6.07, 6.45) is 0. The summed E-state index contributed by atoms with van der Waals surface area (Å²) in [5.41, 5.74) is 3.91. The molecule has 25 heavy (non-hydrogen) atoms. The Labute approximate surface area is 144 Å². The minimum atomic E-state index is -0.448. The minimum Gasteiger partial charge on any atom is -0.406 e. The summed E-state index contributed by atoms with van der Waals surface area (Å²) in [4.78, 5) is 30.9. The van der Waals surface area contributed by atoms with Gasteiger partial charge in [0.1, 0.15) is 0 Å². The first-order valence-corrected chi connectivity index (χ1v) is 8.35. The molecule has 3 aromatic rings. The Morgan fingerprint density at radius 3 is 2.56 bits per heavy atom. The number of benzene rings is 2. The van der Waals surface area contributed by atoms with Crippen molar-refractivity contribution in [3.05, 3.63) is 64.1 Å². The zero-order chi connectivity index (χ0) is 17.4. The number of nitrogens with zero attached hydrogens (tertiary/aromatic N) is 2. The molecule has 6 heteroatoms. The van der Waals surface area contributed by atoms with Crippen LogP contribution in [0.3, 0.4) is 0 Å². The van der Waals surface area contributed by atoms with E-state index in [1.54, 1.807) is 0 Å². The first kappa shape index (κ1) is 15.5. The quantitative estimate of drug-likeness (QED) is 0.779. The van der Waals surface area contributed by atoms with Gasteiger partial charge in [-0.05, 0) is 30.7 Å². The zero-order valence-electron chi connectivity index (χ0n) is 14.0. The van der Waals surface area contributed by atoms with Gasteiger partial charge in [-0.25, -0.2) is 4.79 Å². The van der Waals surface area contributed by atoms with E-state index in [0.29, 0.717) is 37.3 Å². The van der Waals surface area contributed by atoms with E-state index >= 15 is 0 Å². The van der Waals surface area contributed by atoms with Crippen molar-refractivity contribution >= 4 is 22.7 Å². The molecular weight excluding hydrogens is 318 g/mol. The van der Waals surface area contributed by atoms with Gasteiger partial charge in [0.25, 0.3) is 5.91 Å². The van der Waals surface area contributed by atoms with Crippen LogP contribution in [0.5, 0.6) is 0 Å². The average Bonchev–Trinajstić information content (AvgIpc) is 3.02. The van der Waals surface area contributed by atoms with Crippen LogP contribution in [0.4, 0.5) is 5.69 Å². The van der Waals surface area contributed by atoms with Crippen LogP contribution in [0.15, 0.2) is 51.7 Å². The van der Waals surface area contributed by atoms with Crippen molar-refractivity contribution in [2.24, 2.45) is 0 Å². The molecule has 1 aliphatic rings. The van der Waals surface area contributed by atoms with E-state index in [1.807, 2.05) is 54.3 Å². The van der Waals surface area contributed by atoms with Crippen LogP contribution in [0.2, 0.25) is 0 Å². The second-order valence-electron chi connectivity index (χ2n) is 6.26. The van der Waals surface area contributed by atoms with E-state index in [4.69, 9.17) is 4.42 Å². The van der Waals surface area contributed by atoms with Crippen LogP contribution in [0.1, 0.15) is 15.9 Å². The summed E-state index contributed by atoms with van der Waals surface area (Å²) in [7, 11) is 0. The van der Waals surface area contributed by atoms with Gasteiger partial charge in [0, 0.05) is 31.7 Å². The lowest BCUT2D eigenvalue weighted by atomic mass is 10.1. The zero-order valence-corrected chi connectivity index (χ0v) is 14.0. The molecule has 2 heterocycles. The van der Waals surface area contributed by atoms with E-state index in [0.717, 1.165) is 16.8 Å². The fraction of sp³-hybridized carbons (Fsp3) is 0.263. The van der Waals surface area contributed by atoms with Crippen LogP contribution in [-0.2, 0) is 0 Å². The van der Waals surface area contributed by atoms with E-state index < -0.39 is 5.76 Å². The molecule has 2 aromatic carbocycles. The van der Waals surface area contributed by atoms with Crippen LogP contribution >= 0.6 is 0 Å². The number of amides is 1. The minimum absolute atomic E-state index is 0.0733. The summed E-state index contributed by atoms with van der Waals surface area (Å²) in [6.45, 7) is 4.63. The van der Waals surface area contributed by atoms with E-state index in [-0.39, 0.29) is 5.91 Å². The highest BCUT2D eigenvalue weighted by molar-refractivity contribution is 5.96. The van der Waals surface area contributed by atoms with Crippen molar-refractivity contribution in [1.29, 1.82) is 0 Å². The monoisotopic (exact) mass is 337 g/mol. The molecule has 1 aliphatic heterocycles. The molecule has 6 nitrogen and oxygen atoms in total. The highest BCUT2D eigenvalue weighted by atomic mass is 16.4. The van der Waals surface area contributed by atoms with E-state index in [2.05, 4.69) is 9.88 Å². The summed E-state index contributed by atoms with van der Waals surface area (Å²) in [5.74, 6) is -0.375. The number of rotatable bonds is 2. The van der Waals surface area contributed by atoms with Gasteiger partial charge in [0.05, 0.1) is 11.2 Å². The Morgan fingerprint density at radius 1 is 1.04 bits per heavy atom. The number of H-pyrrole nitrogens is 1.